The molecule has 1 aliphatic rings. The van der Waals surface area contributed by atoms with Crippen LogP contribution in [0.25, 0.3) is 0 Å². The molecule has 0 aliphatic carbocycles. The summed E-state index contributed by atoms with van der Waals surface area (Å²) in [4.78, 5) is 12.3. The van der Waals surface area contributed by atoms with Crippen LogP contribution in [0.3, 0.4) is 0 Å². The Hall–Kier alpha value is -0.640. The van der Waals surface area contributed by atoms with E-state index in [1.165, 1.54) is 0 Å². The minimum atomic E-state index is -0.345. The van der Waals surface area contributed by atoms with Gasteiger partial charge in [0.05, 0.1) is 5.88 Å². The standard InChI is InChI=1S/C5H8N2OS/c1-7-3-9-2-4(7)5(6)8/h2H,3H2,1H3,(H2,6,8). The first-order valence-electron chi connectivity index (χ1n) is 2.54. The third kappa shape index (κ3) is 1.18. The van der Waals surface area contributed by atoms with Gasteiger partial charge in [-0.25, -0.2) is 0 Å². The molecule has 0 bridgehead atoms. The highest BCUT2D eigenvalue weighted by molar-refractivity contribution is 8.02. The van der Waals surface area contributed by atoms with Crippen molar-refractivity contribution in [3.63, 3.8) is 0 Å². The highest BCUT2D eigenvalue weighted by atomic mass is 32.2. The lowest BCUT2D eigenvalue weighted by Crippen LogP contribution is -2.24. The molecular weight excluding hydrogens is 136 g/mol. The Morgan fingerprint density at radius 3 is 2.89 bits per heavy atom. The SMILES string of the molecule is CN1CSC=C1C(N)=O. The van der Waals surface area contributed by atoms with Crippen LogP contribution in [-0.4, -0.2) is 23.7 Å². The summed E-state index contributed by atoms with van der Waals surface area (Å²) in [6, 6.07) is 0. The fraction of sp³-hybridized carbons (Fsp3) is 0.400. The monoisotopic (exact) mass is 144 g/mol. The topological polar surface area (TPSA) is 46.3 Å². The Morgan fingerprint density at radius 1 is 2.00 bits per heavy atom. The molecule has 4 heteroatoms. The molecule has 0 aromatic carbocycles. The summed E-state index contributed by atoms with van der Waals surface area (Å²) in [6.07, 6.45) is 0. The molecule has 1 heterocycles. The molecule has 0 atom stereocenters. The molecule has 1 rings (SSSR count). The van der Waals surface area contributed by atoms with E-state index >= 15 is 0 Å². The van der Waals surface area contributed by atoms with Crippen LogP contribution in [0.4, 0.5) is 0 Å². The van der Waals surface area contributed by atoms with Crippen LogP contribution in [0.5, 0.6) is 0 Å². The van der Waals surface area contributed by atoms with Crippen molar-refractivity contribution in [1.82, 2.24) is 4.90 Å². The van der Waals surface area contributed by atoms with Crippen molar-refractivity contribution in [2.45, 2.75) is 0 Å². The molecule has 0 aromatic rings. The van der Waals surface area contributed by atoms with Crippen molar-refractivity contribution in [2.24, 2.45) is 5.73 Å². The molecule has 1 amide bonds. The number of carbonyl (C=O) groups is 1. The molecule has 0 radical (unpaired) electrons. The van der Waals surface area contributed by atoms with Crippen molar-refractivity contribution in [3.05, 3.63) is 11.1 Å². The van der Waals surface area contributed by atoms with E-state index in [4.69, 9.17) is 5.73 Å². The maximum atomic E-state index is 10.5. The van der Waals surface area contributed by atoms with E-state index in [2.05, 4.69) is 0 Å². The summed E-state index contributed by atoms with van der Waals surface area (Å²) in [5, 5.41) is 1.78. The van der Waals surface area contributed by atoms with E-state index in [-0.39, 0.29) is 5.91 Å². The number of thioether (sulfide) groups is 1. The second-order valence-corrected chi connectivity index (χ2v) is 2.69. The number of hydrogen-bond donors (Lipinski definition) is 1. The molecule has 0 saturated carbocycles. The van der Waals surface area contributed by atoms with E-state index in [1.54, 1.807) is 17.2 Å². The van der Waals surface area contributed by atoms with Crippen molar-refractivity contribution in [3.8, 4) is 0 Å². The second-order valence-electron chi connectivity index (χ2n) is 1.86. The molecule has 2 N–H and O–H groups in total. The number of primary amides is 1. The number of nitrogens with two attached hydrogens (primary N) is 1. The first kappa shape index (κ1) is 6.48. The van der Waals surface area contributed by atoms with Gasteiger partial charge in [0.25, 0.3) is 5.91 Å². The van der Waals surface area contributed by atoms with Crippen molar-refractivity contribution in [1.29, 1.82) is 0 Å². The molecular formula is C5H8N2OS. The Morgan fingerprint density at radius 2 is 2.67 bits per heavy atom. The van der Waals surface area contributed by atoms with Gasteiger partial charge in [0.2, 0.25) is 0 Å². The van der Waals surface area contributed by atoms with Crippen LogP contribution >= 0.6 is 11.8 Å². The number of carbonyl (C=O) groups excluding carboxylic acids is 1. The first-order valence-corrected chi connectivity index (χ1v) is 3.59. The zero-order valence-corrected chi connectivity index (χ0v) is 5.94. The first-order chi connectivity index (χ1) is 4.22. The average Bonchev–Trinajstić information content (AvgIpc) is 2.13. The molecule has 3 nitrogen and oxygen atoms in total. The van der Waals surface area contributed by atoms with Gasteiger partial charge in [-0.1, -0.05) is 0 Å². The van der Waals surface area contributed by atoms with Gasteiger partial charge in [0.15, 0.2) is 0 Å². The predicted octanol–water partition coefficient (Wildman–Crippen LogP) is -0.0508. The van der Waals surface area contributed by atoms with E-state index < -0.39 is 0 Å². The molecule has 0 aromatic heterocycles. The minimum Gasteiger partial charge on any atom is -0.364 e. The van der Waals surface area contributed by atoms with E-state index in [0.29, 0.717) is 5.70 Å². The summed E-state index contributed by atoms with van der Waals surface area (Å²) in [5.41, 5.74) is 5.64. The Balaban J connectivity index is 2.68. The fourth-order valence-electron chi connectivity index (χ4n) is 0.634. The van der Waals surface area contributed by atoms with E-state index in [1.807, 2.05) is 11.9 Å². The molecule has 0 fully saturated rings. The summed E-state index contributed by atoms with van der Waals surface area (Å²) in [7, 11) is 1.84. The Bertz CT molecular complexity index is 166. The molecule has 9 heavy (non-hydrogen) atoms. The van der Waals surface area contributed by atoms with Gasteiger partial charge in [-0.3, -0.25) is 4.79 Å². The maximum Gasteiger partial charge on any atom is 0.265 e. The lowest BCUT2D eigenvalue weighted by molar-refractivity contribution is -0.115. The van der Waals surface area contributed by atoms with Crippen molar-refractivity contribution >= 4 is 17.7 Å². The average molecular weight is 144 g/mol. The van der Waals surface area contributed by atoms with Gasteiger partial charge < -0.3 is 10.6 Å². The molecule has 1 aliphatic heterocycles. The smallest absolute Gasteiger partial charge is 0.265 e. The van der Waals surface area contributed by atoms with Gasteiger partial charge >= 0.3 is 0 Å². The van der Waals surface area contributed by atoms with Crippen LogP contribution in [0.1, 0.15) is 0 Å². The zero-order chi connectivity index (χ0) is 6.85. The van der Waals surface area contributed by atoms with Crippen LogP contribution in [0, 0.1) is 0 Å². The quantitative estimate of drug-likeness (QED) is 0.561. The third-order valence-corrected chi connectivity index (χ3v) is 2.05. The van der Waals surface area contributed by atoms with Gasteiger partial charge in [-0.2, -0.15) is 0 Å². The molecule has 50 valence electrons. The van der Waals surface area contributed by atoms with Crippen LogP contribution in [0.2, 0.25) is 0 Å². The molecule has 0 spiro atoms. The summed E-state index contributed by atoms with van der Waals surface area (Å²) in [5.74, 6) is 0.487. The minimum absolute atomic E-state index is 0.345. The number of amides is 1. The summed E-state index contributed by atoms with van der Waals surface area (Å²) in [6.45, 7) is 0. The normalized spacial score (nSPS) is 17.9. The number of nitrogens with zero attached hydrogens (tertiary/aromatic N) is 1. The lowest BCUT2D eigenvalue weighted by Gasteiger charge is -2.10. The number of hydrogen-bond acceptors (Lipinski definition) is 3. The highest BCUT2D eigenvalue weighted by Gasteiger charge is 2.14. The van der Waals surface area contributed by atoms with Crippen LogP contribution in [-0.2, 0) is 4.79 Å². The number of likely N-dealkylation sites (N-methyl/N-ethyl adjacent to an activating group) is 1. The Labute approximate surface area is 57.9 Å². The van der Waals surface area contributed by atoms with Gasteiger partial charge in [0, 0.05) is 12.5 Å². The third-order valence-electron chi connectivity index (χ3n) is 1.13. The van der Waals surface area contributed by atoms with Crippen molar-refractivity contribution in [2.75, 3.05) is 12.9 Å². The van der Waals surface area contributed by atoms with Crippen LogP contribution < -0.4 is 5.73 Å². The van der Waals surface area contributed by atoms with E-state index in [9.17, 15) is 4.79 Å². The summed E-state index contributed by atoms with van der Waals surface area (Å²) >= 11 is 1.58. The zero-order valence-electron chi connectivity index (χ0n) is 5.13. The van der Waals surface area contributed by atoms with E-state index in [0.717, 1.165) is 5.88 Å². The molecule has 0 saturated heterocycles. The highest BCUT2D eigenvalue weighted by Crippen LogP contribution is 2.19. The fourth-order valence-corrected chi connectivity index (χ4v) is 1.52. The van der Waals surface area contributed by atoms with Gasteiger partial charge in [-0.15, -0.1) is 11.8 Å². The number of rotatable bonds is 1. The van der Waals surface area contributed by atoms with Crippen LogP contribution in [0.15, 0.2) is 11.1 Å². The van der Waals surface area contributed by atoms with Gasteiger partial charge in [-0.05, 0) is 0 Å². The largest absolute Gasteiger partial charge is 0.364 e. The second kappa shape index (κ2) is 2.31. The molecule has 0 unspecified atom stereocenters. The Kier molecular flexibility index (Phi) is 1.66. The summed E-state index contributed by atoms with van der Waals surface area (Å²) < 4.78 is 0. The maximum absolute atomic E-state index is 10.5. The van der Waals surface area contributed by atoms with Crippen molar-refractivity contribution < 1.29 is 4.79 Å². The van der Waals surface area contributed by atoms with Gasteiger partial charge in [0.1, 0.15) is 5.70 Å². The lowest BCUT2D eigenvalue weighted by atomic mass is 10.4. The predicted molar refractivity (Wildman–Crippen MR) is 37.5 cm³/mol.